The lowest BCUT2D eigenvalue weighted by Gasteiger charge is -2.09. The first-order chi connectivity index (χ1) is 10.0. The number of pyridine rings is 1. The number of aromatic nitrogens is 1. The minimum Gasteiger partial charge on any atom is -0.449 e. The Morgan fingerprint density at radius 2 is 2.19 bits per heavy atom. The molecule has 0 spiro atoms. The zero-order valence-electron chi connectivity index (χ0n) is 11.2. The van der Waals surface area contributed by atoms with Crippen molar-refractivity contribution in [3.63, 3.8) is 0 Å². The molecule has 110 valence electrons. The van der Waals surface area contributed by atoms with Crippen LogP contribution in [-0.4, -0.2) is 15.0 Å². The third kappa shape index (κ3) is 3.77. The summed E-state index contributed by atoms with van der Waals surface area (Å²) < 4.78 is 6.09. The van der Waals surface area contributed by atoms with E-state index in [9.17, 15) is 15.2 Å². The fourth-order valence-corrected chi connectivity index (χ4v) is 2.05. The lowest BCUT2D eigenvalue weighted by molar-refractivity contribution is -0.385. The smallest absolute Gasteiger partial charge is 0.312 e. The molecule has 1 atom stereocenters. The van der Waals surface area contributed by atoms with E-state index in [-0.39, 0.29) is 11.4 Å². The van der Waals surface area contributed by atoms with Crippen LogP contribution in [0.25, 0.3) is 0 Å². The molecule has 7 heteroatoms. The highest BCUT2D eigenvalue weighted by atomic mass is 79.9. The van der Waals surface area contributed by atoms with Gasteiger partial charge in [-0.15, -0.1) is 0 Å². The number of halogens is 1. The number of nitrogens with zero attached hydrogens (tertiary/aromatic N) is 2. The quantitative estimate of drug-likeness (QED) is 0.649. The number of nitro benzene ring substituents is 1. The van der Waals surface area contributed by atoms with Gasteiger partial charge in [-0.3, -0.25) is 15.1 Å². The molecule has 2 aromatic rings. The number of hydrogen-bond donors (Lipinski definition) is 1. The Hall–Kier alpha value is -1.99. The number of aliphatic hydroxyl groups excluding tert-OH is 1. The molecule has 0 fully saturated rings. The van der Waals surface area contributed by atoms with Crippen LogP contribution in [-0.2, 0) is 0 Å². The van der Waals surface area contributed by atoms with Crippen LogP contribution in [0, 0.1) is 10.1 Å². The Morgan fingerprint density at radius 1 is 1.43 bits per heavy atom. The standard InChI is InChI=1S/C14H13BrN2O4/c1-2-13(18)11-5-4-10(8-16-11)21-14-6-3-9(15)7-12(14)17(19)20/h3-8,13,18H,2H2,1H3/t13-/m1/s1. The molecule has 6 nitrogen and oxygen atoms in total. The maximum absolute atomic E-state index is 11.0. The molecular weight excluding hydrogens is 340 g/mol. The zero-order valence-corrected chi connectivity index (χ0v) is 12.8. The van der Waals surface area contributed by atoms with E-state index in [1.165, 1.54) is 18.3 Å². The summed E-state index contributed by atoms with van der Waals surface area (Å²) in [4.78, 5) is 14.6. The molecule has 0 saturated carbocycles. The average molecular weight is 353 g/mol. The second kappa shape index (κ2) is 6.64. The van der Waals surface area contributed by atoms with Gasteiger partial charge in [-0.05, 0) is 30.7 Å². The van der Waals surface area contributed by atoms with Gasteiger partial charge in [0.1, 0.15) is 5.75 Å². The highest BCUT2D eigenvalue weighted by Crippen LogP contribution is 2.33. The second-order valence-electron chi connectivity index (χ2n) is 4.31. The van der Waals surface area contributed by atoms with Crippen molar-refractivity contribution in [3.05, 3.63) is 56.8 Å². The van der Waals surface area contributed by atoms with Gasteiger partial charge in [0, 0.05) is 10.5 Å². The van der Waals surface area contributed by atoms with E-state index in [2.05, 4.69) is 20.9 Å². The highest BCUT2D eigenvalue weighted by Gasteiger charge is 2.16. The monoisotopic (exact) mass is 352 g/mol. The molecule has 0 unspecified atom stereocenters. The van der Waals surface area contributed by atoms with Crippen LogP contribution in [0.3, 0.4) is 0 Å². The number of rotatable bonds is 5. The van der Waals surface area contributed by atoms with E-state index < -0.39 is 11.0 Å². The Labute approximate surface area is 129 Å². The van der Waals surface area contributed by atoms with Crippen molar-refractivity contribution < 1.29 is 14.8 Å². The predicted molar refractivity (Wildman–Crippen MR) is 80.4 cm³/mol. The van der Waals surface area contributed by atoms with Gasteiger partial charge in [0.15, 0.2) is 0 Å². The van der Waals surface area contributed by atoms with Crippen LogP contribution in [0.4, 0.5) is 5.69 Å². The summed E-state index contributed by atoms with van der Waals surface area (Å²) in [6.45, 7) is 1.85. The van der Waals surface area contributed by atoms with Crippen LogP contribution in [0.1, 0.15) is 25.1 Å². The lowest BCUT2D eigenvalue weighted by atomic mass is 10.2. The van der Waals surface area contributed by atoms with Gasteiger partial charge in [0.05, 0.1) is 22.9 Å². The maximum atomic E-state index is 11.0. The summed E-state index contributed by atoms with van der Waals surface area (Å²) in [7, 11) is 0. The molecule has 0 amide bonds. The molecule has 1 aromatic carbocycles. The average Bonchev–Trinajstić information content (AvgIpc) is 2.49. The molecule has 1 aromatic heterocycles. The molecular formula is C14H13BrN2O4. The molecule has 0 aliphatic rings. The van der Waals surface area contributed by atoms with E-state index in [1.807, 2.05) is 6.92 Å². The first-order valence-corrected chi connectivity index (χ1v) is 7.06. The zero-order chi connectivity index (χ0) is 15.4. The van der Waals surface area contributed by atoms with Crippen LogP contribution >= 0.6 is 15.9 Å². The molecule has 1 heterocycles. The molecule has 0 bridgehead atoms. The summed E-state index contributed by atoms with van der Waals surface area (Å²) in [5.41, 5.74) is 0.400. The van der Waals surface area contributed by atoms with Gasteiger partial charge in [-0.1, -0.05) is 22.9 Å². The van der Waals surface area contributed by atoms with Gasteiger partial charge in [0.2, 0.25) is 5.75 Å². The fourth-order valence-electron chi connectivity index (χ4n) is 1.70. The Bertz CT molecular complexity index is 646. The van der Waals surface area contributed by atoms with Gasteiger partial charge < -0.3 is 9.84 Å². The molecule has 0 aliphatic carbocycles. The van der Waals surface area contributed by atoms with Crippen molar-refractivity contribution in [3.8, 4) is 11.5 Å². The van der Waals surface area contributed by atoms with E-state index in [0.717, 1.165) is 0 Å². The summed E-state index contributed by atoms with van der Waals surface area (Å²) in [6.07, 6.45) is 1.37. The van der Waals surface area contributed by atoms with Crippen molar-refractivity contribution in [2.45, 2.75) is 19.4 Å². The Kier molecular flexibility index (Phi) is 4.87. The Morgan fingerprint density at radius 3 is 2.76 bits per heavy atom. The van der Waals surface area contributed by atoms with Gasteiger partial charge >= 0.3 is 5.69 Å². The number of ether oxygens (including phenoxy) is 1. The van der Waals surface area contributed by atoms with Crippen LogP contribution in [0.5, 0.6) is 11.5 Å². The summed E-state index contributed by atoms with van der Waals surface area (Å²) in [5, 5.41) is 20.7. The van der Waals surface area contributed by atoms with Crippen molar-refractivity contribution >= 4 is 21.6 Å². The number of aliphatic hydroxyl groups is 1. The van der Waals surface area contributed by atoms with Crippen LogP contribution < -0.4 is 4.74 Å². The highest BCUT2D eigenvalue weighted by molar-refractivity contribution is 9.10. The van der Waals surface area contributed by atoms with Gasteiger partial charge in [-0.2, -0.15) is 0 Å². The van der Waals surface area contributed by atoms with Crippen LogP contribution in [0.15, 0.2) is 41.0 Å². The largest absolute Gasteiger partial charge is 0.449 e. The third-order valence-electron chi connectivity index (χ3n) is 2.83. The first kappa shape index (κ1) is 15.4. The topological polar surface area (TPSA) is 85.5 Å². The van der Waals surface area contributed by atoms with E-state index in [4.69, 9.17) is 4.74 Å². The summed E-state index contributed by atoms with van der Waals surface area (Å²) in [5.74, 6) is 0.501. The molecule has 1 N–H and O–H groups in total. The summed E-state index contributed by atoms with van der Waals surface area (Å²) >= 11 is 3.18. The molecule has 0 radical (unpaired) electrons. The van der Waals surface area contributed by atoms with Crippen LogP contribution in [0.2, 0.25) is 0 Å². The Balaban J connectivity index is 2.24. The van der Waals surface area contributed by atoms with Gasteiger partial charge in [0.25, 0.3) is 0 Å². The molecule has 21 heavy (non-hydrogen) atoms. The normalized spacial score (nSPS) is 12.0. The number of hydrogen-bond acceptors (Lipinski definition) is 5. The SMILES string of the molecule is CC[C@@H](O)c1ccc(Oc2ccc(Br)cc2[N+](=O)[O-])cn1. The second-order valence-corrected chi connectivity index (χ2v) is 5.23. The van der Waals surface area contributed by atoms with Gasteiger partial charge in [-0.25, -0.2) is 0 Å². The van der Waals surface area contributed by atoms with Crippen molar-refractivity contribution in [2.75, 3.05) is 0 Å². The minimum absolute atomic E-state index is 0.133. The van der Waals surface area contributed by atoms with Crippen molar-refractivity contribution in [2.24, 2.45) is 0 Å². The van der Waals surface area contributed by atoms with Crippen molar-refractivity contribution in [1.29, 1.82) is 0 Å². The molecule has 0 aliphatic heterocycles. The van der Waals surface area contributed by atoms with Crippen molar-refractivity contribution in [1.82, 2.24) is 4.98 Å². The number of benzene rings is 1. The molecule has 2 rings (SSSR count). The predicted octanol–water partition coefficient (Wildman–Crippen LogP) is 3.99. The minimum atomic E-state index is -0.624. The van der Waals surface area contributed by atoms with E-state index in [0.29, 0.717) is 22.3 Å². The molecule has 0 saturated heterocycles. The van der Waals surface area contributed by atoms with E-state index >= 15 is 0 Å². The fraction of sp³-hybridized carbons (Fsp3) is 0.214. The first-order valence-electron chi connectivity index (χ1n) is 6.27. The number of nitro groups is 1. The maximum Gasteiger partial charge on any atom is 0.312 e. The van der Waals surface area contributed by atoms with E-state index in [1.54, 1.807) is 18.2 Å². The summed E-state index contributed by atoms with van der Waals surface area (Å²) in [6, 6.07) is 7.79. The third-order valence-corrected chi connectivity index (χ3v) is 3.33. The lowest BCUT2D eigenvalue weighted by Crippen LogP contribution is -1.99.